The molecular weight excluding hydrogens is 252 g/mol. The number of carbonyl (C=O) groups is 1. The van der Waals surface area contributed by atoms with Gasteiger partial charge >= 0.3 is 5.97 Å². The van der Waals surface area contributed by atoms with Crippen LogP contribution in [0.4, 0.5) is 0 Å². The number of aliphatic carboxylic acids is 1. The van der Waals surface area contributed by atoms with E-state index in [2.05, 4.69) is 24.3 Å². The van der Waals surface area contributed by atoms with Gasteiger partial charge in [-0.15, -0.1) is 0 Å². The maximum atomic E-state index is 11.0. The standard InChI is InChI=1S/C17H22O3/c18-17(19)11-16(15-5-6-15)14-3-1-12(2-4-14)13-7-9-20-10-8-13/h1-4,13,15-16H,5-11H2,(H,18,19). The normalized spacial score (nSPS) is 21.6. The van der Waals surface area contributed by atoms with E-state index in [1.165, 1.54) is 24.0 Å². The summed E-state index contributed by atoms with van der Waals surface area (Å²) in [7, 11) is 0. The molecule has 0 bridgehead atoms. The van der Waals surface area contributed by atoms with Gasteiger partial charge in [0.15, 0.2) is 0 Å². The van der Waals surface area contributed by atoms with Crippen LogP contribution in [0.15, 0.2) is 24.3 Å². The van der Waals surface area contributed by atoms with Gasteiger partial charge in [0.1, 0.15) is 0 Å². The Bertz CT molecular complexity index is 456. The van der Waals surface area contributed by atoms with E-state index in [9.17, 15) is 4.79 Å². The van der Waals surface area contributed by atoms with Crippen LogP contribution in [-0.2, 0) is 9.53 Å². The van der Waals surface area contributed by atoms with E-state index in [1.807, 2.05) is 0 Å². The highest BCUT2D eigenvalue weighted by Gasteiger charge is 2.33. The third-order valence-electron chi connectivity index (χ3n) is 4.64. The van der Waals surface area contributed by atoms with Crippen molar-refractivity contribution in [3.8, 4) is 0 Å². The molecule has 3 nitrogen and oxygen atoms in total. The molecule has 1 saturated carbocycles. The Morgan fingerprint density at radius 3 is 2.35 bits per heavy atom. The number of carboxylic acids is 1. The predicted octanol–water partition coefficient (Wildman–Crippen LogP) is 3.55. The van der Waals surface area contributed by atoms with E-state index in [1.54, 1.807) is 0 Å². The van der Waals surface area contributed by atoms with Gasteiger partial charge in [-0.2, -0.15) is 0 Å². The van der Waals surface area contributed by atoms with Crippen LogP contribution in [0.2, 0.25) is 0 Å². The molecule has 1 N–H and O–H groups in total. The van der Waals surface area contributed by atoms with E-state index in [0.29, 0.717) is 11.8 Å². The SMILES string of the molecule is O=C(O)CC(c1ccc(C2CCOCC2)cc1)C1CC1. The average Bonchev–Trinajstić information content (AvgIpc) is 3.30. The lowest BCUT2D eigenvalue weighted by molar-refractivity contribution is -0.137. The first-order chi connectivity index (χ1) is 9.74. The molecule has 1 saturated heterocycles. The molecule has 20 heavy (non-hydrogen) atoms. The molecule has 3 rings (SSSR count). The number of benzene rings is 1. The van der Waals surface area contributed by atoms with Crippen LogP contribution in [0, 0.1) is 5.92 Å². The first kappa shape index (κ1) is 13.6. The molecule has 0 aromatic heterocycles. The van der Waals surface area contributed by atoms with Crippen molar-refractivity contribution in [3.05, 3.63) is 35.4 Å². The Labute approximate surface area is 120 Å². The van der Waals surface area contributed by atoms with Gasteiger partial charge in [-0.1, -0.05) is 24.3 Å². The summed E-state index contributed by atoms with van der Waals surface area (Å²) in [4.78, 5) is 11.0. The topological polar surface area (TPSA) is 46.5 Å². The predicted molar refractivity (Wildman–Crippen MR) is 77.0 cm³/mol. The van der Waals surface area contributed by atoms with Crippen molar-refractivity contribution in [1.82, 2.24) is 0 Å². The van der Waals surface area contributed by atoms with Crippen molar-refractivity contribution < 1.29 is 14.6 Å². The zero-order valence-corrected chi connectivity index (χ0v) is 11.8. The molecule has 3 heteroatoms. The van der Waals surface area contributed by atoms with Crippen molar-refractivity contribution in [3.63, 3.8) is 0 Å². The second kappa shape index (κ2) is 5.96. The van der Waals surface area contributed by atoms with Gasteiger partial charge < -0.3 is 9.84 Å². The fourth-order valence-corrected chi connectivity index (χ4v) is 3.29. The van der Waals surface area contributed by atoms with Crippen LogP contribution in [-0.4, -0.2) is 24.3 Å². The van der Waals surface area contributed by atoms with E-state index in [-0.39, 0.29) is 12.3 Å². The molecule has 0 radical (unpaired) electrons. The molecule has 108 valence electrons. The highest BCUT2D eigenvalue weighted by molar-refractivity contribution is 5.68. The van der Waals surface area contributed by atoms with E-state index >= 15 is 0 Å². The van der Waals surface area contributed by atoms with Crippen LogP contribution in [0.25, 0.3) is 0 Å². The largest absolute Gasteiger partial charge is 0.481 e. The van der Waals surface area contributed by atoms with Crippen molar-refractivity contribution in [1.29, 1.82) is 0 Å². The molecule has 0 spiro atoms. The summed E-state index contributed by atoms with van der Waals surface area (Å²) in [6, 6.07) is 8.69. The maximum Gasteiger partial charge on any atom is 0.303 e. The van der Waals surface area contributed by atoms with Crippen molar-refractivity contribution in [2.75, 3.05) is 13.2 Å². The van der Waals surface area contributed by atoms with Crippen LogP contribution in [0.5, 0.6) is 0 Å². The van der Waals surface area contributed by atoms with Gasteiger partial charge in [-0.05, 0) is 54.6 Å². The van der Waals surface area contributed by atoms with Crippen molar-refractivity contribution in [2.45, 2.75) is 43.9 Å². The van der Waals surface area contributed by atoms with E-state index < -0.39 is 5.97 Å². The van der Waals surface area contributed by atoms with Crippen LogP contribution in [0.1, 0.15) is 55.1 Å². The summed E-state index contributed by atoms with van der Waals surface area (Å²) in [6.45, 7) is 1.71. The molecule has 1 heterocycles. The Hall–Kier alpha value is -1.35. The number of carboxylic acid groups (broad SMARTS) is 1. The lowest BCUT2D eigenvalue weighted by atomic mass is 9.87. The van der Waals surface area contributed by atoms with E-state index in [0.717, 1.165) is 26.1 Å². The van der Waals surface area contributed by atoms with Gasteiger partial charge in [-0.25, -0.2) is 0 Å². The highest BCUT2D eigenvalue weighted by atomic mass is 16.5. The summed E-state index contributed by atoms with van der Waals surface area (Å²) in [5.41, 5.74) is 2.58. The van der Waals surface area contributed by atoms with Gasteiger partial charge in [0.25, 0.3) is 0 Å². The first-order valence-corrected chi connectivity index (χ1v) is 7.63. The van der Waals surface area contributed by atoms with Crippen molar-refractivity contribution in [2.24, 2.45) is 5.92 Å². The molecular formula is C17H22O3. The van der Waals surface area contributed by atoms with E-state index in [4.69, 9.17) is 9.84 Å². The zero-order valence-electron chi connectivity index (χ0n) is 11.8. The highest BCUT2D eigenvalue weighted by Crippen LogP contribution is 2.44. The minimum atomic E-state index is -0.685. The van der Waals surface area contributed by atoms with Crippen LogP contribution < -0.4 is 0 Å². The Balaban J connectivity index is 1.72. The number of ether oxygens (including phenoxy) is 1. The van der Waals surface area contributed by atoms with Gasteiger partial charge in [-0.3, -0.25) is 4.79 Å². The van der Waals surface area contributed by atoms with Crippen LogP contribution in [0.3, 0.4) is 0 Å². The third-order valence-corrected chi connectivity index (χ3v) is 4.64. The fraction of sp³-hybridized carbons (Fsp3) is 0.588. The summed E-state index contributed by atoms with van der Waals surface area (Å²) < 4.78 is 5.40. The number of rotatable bonds is 5. The molecule has 2 fully saturated rings. The minimum absolute atomic E-state index is 0.205. The molecule has 1 unspecified atom stereocenters. The second-order valence-corrected chi connectivity index (χ2v) is 6.10. The smallest absolute Gasteiger partial charge is 0.303 e. The number of hydrogen-bond donors (Lipinski definition) is 1. The quantitative estimate of drug-likeness (QED) is 0.893. The summed E-state index contributed by atoms with van der Waals surface area (Å²) in [5.74, 6) is 0.711. The first-order valence-electron chi connectivity index (χ1n) is 7.63. The lowest BCUT2D eigenvalue weighted by Gasteiger charge is -2.23. The Morgan fingerprint density at radius 1 is 1.15 bits per heavy atom. The minimum Gasteiger partial charge on any atom is -0.481 e. The fourth-order valence-electron chi connectivity index (χ4n) is 3.29. The van der Waals surface area contributed by atoms with Gasteiger partial charge in [0.2, 0.25) is 0 Å². The van der Waals surface area contributed by atoms with Crippen molar-refractivity contribution >= 4 is 5.97 Å². The Morgan fingerprint density at radius 2 is 1.80 bits per heavy atom. The molecule has 0 amide bonds. The van der Waals surface area contributed by atoms with Crippen LogP contribution >= 0.6 is 0 Å². The molecule has 1 aliphatic carbocycles. The van der Waals surface area contributed by atoms with Gasteiger partial charge in [0.05, 0.1) is 6.42 Å². The molecule has 1 atom stereocenters. The molecule has 1 aliphatic heterocycles. The van der Waals surface area contributed by atoms with Gasteiger partial charge in [0, 0.05) is 13.2 Å². The second-order valence-electron chi connectivity index (χ2n) is 6.10. The average molecular weight is 274 g/mol. The number of hydrogen-bond acceptors (Lipinski definition) is 2. The zero-order chi connectivity index (χ0) is 13.9. The summed E-state index contributed by atoms with van der Waals surface area (Å²) >= 11 is 0. The Kier molecular flexibility index (Phi) is 4.06. The molecule has 1 aromatic rings. The maximum absolute atomic E-state index is 11.0. The third kappa shape index (κ3) is 3.21. The summed E-state index contributed by atoms with van der Waals surface area (Å²) in [6.07, 6.45) is 4.82. The molecule has 1 aromatic carbocycles. The molecule has 2 aliphatic rings. The monoisotopic (exact) mass is 274 g/mol. The lowest BCUT2D eigenvalue weighted by Crippen LogP contribution is -2.14. The summed E-state index contributed by atoms with van der Waals surface area (Å²) in [5, 5.41) is 9.07.